The molecule has 4 fully saturated rings. The normalized spacial score (nSPS) is 12.9. The van der Waals surface area contributed by atoms with Crippen LogP contribution in [0.15, 0.2) is 158 Å². The molecule has 9 aromatic rings. The van der Waals surface area contributed by atoms with Gasteiger partial charge < -0.3 is 68.5 Å². The SMILES string of the molecule is C1CCCCC1.COC(=O)c1ccc(Br)cc1C.COC(=O)c1ccc(C#N)cc1C.COC(=O)c1ccc(C=O)cc1C.COC(=O)c1ccc(CN2CCCCC2)cc1C.Cc1cc(Br)ccc1C(=O)O.Cc1cc(C)c(CCC(=O)c2ccc(CN3CCCCC3)cc2C)c(=O)[nH]1.Cc1cc(C)c(CN)c(=O)[nH]1.Cc1cc(CN2CCCCC2)ccc1C(=O)O.[C-]#N.[C-]#N.[Zn+2]. The molecule has 3 saturated heterocycles. The molecule has 0 atom stereocenters. The van der Waals surface area contributed by atoms with Crippen LogP contribution in [-0.4, -0.2) is 150 Å². The van der Waals surface area contributed by atoms with Crippen molar-refractivity contribution in [2.24, 2.45) is 5.73 Å². The van der Waals surface area contributed by atoms with Crippen molar-refractivity contribution < 1.29 is 87.0 Å². The van der Waals surface area contributed by atoms with Crippen LogP contribution in [0.5, 0.6) is 0 Å². The number of likely N-dealkylation sites (tertiary alicyclic amines) is 3. The Bertz CT molecular complexity index is 5470. The number of hydrogen-bond donors (Lipinski definition) is 5. The average molecular weight is 2000 g/mol. The van der Waals surface area contributed by atoms with E-state index in [0.29, 0.717) is 75.0 Å². The number of rotatable bonds is 18. The topological polar surface area (TPSA) is 387 Å². The summed E-state index contributed by atoms with van der Waals surface area (Å²) in [6.07, 6.45) is 22.4. The van der Waals surface area contributed by atoms with Gasteiger partial charge in [0, 0.05) is 75.2 Å². The number of carboxylic acids is 2. The van der Waals surface area contributed by atoms with Crippen molar-refractivity contribution in [3.05, 3.63) is 322 Å². The minimum absolute atomic E-state index is 0. The van der Waals surface area contributed by atoms with Crippen LogP contribution in [0.4, 0.5) is 0 Å². The number of carbonyl (C=O) groups excluding carboxylic acids is 6. The van der Waals surface area contributed by atoms with Gasteiger partial charge in [0.2, 0.25) is 0 Å². The quantitative estimate of drug-likeness (QED) is 0.0133. The zero-order valence-electron chi connectivity index (χ0n) is 79.8. The van der Waals surface area contributed by atoms with E-state index in [0.717, 1.165) is 102 Å². The van der Waals surface area contributed by atoms with Gasteiger partial charge in [-0.1, -0.05) is 138 Å². The van der Waals surface area contributed by atoms with Gasteiger partial charge >= 0.3 is 55.3 Å². The number of aromatic carboxylic acids is 2. The predicted molar refractivity (Wildman–Crippen MR) is 522 cm³/mol. The number of carbonyl (C=O) groups is 8. The van der Waals surface area contributed by atoms with Crippen molar-refractivity contribution in [1.82, 2.24) is 24.7 Å². The van der Waals surface area contributed by atoms with E-state index in [2.05, 4.69) is 88.9 Å². The molecule has 0 radical (unpaired) electrons. The number of esters is 4. The second-order valence-electron chi connectivity index (χ2n) is 32.4. The first-order chi connectivity index (χ1) is 63.1. The number of nitrogens with two attached hydrogens (primary N) is 1. The summed E-state index contributed by atoms with van der Waals surface area (Å²) in [4.78, 5) is 126. The number of ketones is 1. The molecule has 28 heteroatoms. The number of carboxylic acid groups (broad SMARTS) is 2. The molecule has 0 spiro atoms. The van der Waals surface area contributed by atoms with Crippen molar-refractivity contribution in [2.75, 3.05) is 67.7 Å². The molecular formula is C105H129Br2N9O16Zn. The smallest absolute Gasteiger partial charge is 0.512 e. The van der Waals surface area contributed by atoms with E-state index in [9.17, 15) is 47.9 Å². The minimum Gasteiger partial charge on any atom is -0.512 e. The van der Waals surface area contributed by atoms with Crippen molar-refractivity contribution in [3.63, 3.8) is 0 Å². The van der Waals surface area contributed by atoms with Gasteiger partial charge in [-0.15, -0.1) is 0 Å². The standard InChI is InChI=1S/C23H30N2O2.C15H21NO2.C14H19NO2.C10H9NO2.C10H10O3.C9H9BrO2.C8H7BrO2.C8H12N2O.C6H12.2CN.Zn/c1-16-13-18(3)24-23(27)21(16)9-10-22(26)20-8-7-19(14-17(20)2)15-25-11-5-4-6-12-25;1-12-10-13(6-7-14(12)15(17)18-2)11-16-8-4-3-5-9-16;1-11-9-12(5-6-13(11)14(16)17)10-15-7-3-2-4-8-15;2*1-7-5-8(6-11)3-4-9(7)10(12)13-2;1-6-5-7(10)3-4-8(6)9(11)12-2;1-5-4-6(9)2-3-7(5)8(10)11;1-5-3-6(2)10-8(11)7(5)4-9;1-2-4-6-5-3-1;2*1-2;/h7-8,13-14H,4-6,9-12,15H2,1-3H3,(H,24,27);6-7,10H,3-5,8-9,11H2,1-2H3;5-6,9H,2-4,7-8,10H2,1H3,(H,16,17);3-5H,1-2H3;3-6H,1-2H3;3-5H,1-2H3;2-4H,1H3,(H,10,11);3H,4,9H2,1-2H3,(H,10,11);1-6H2;;;/q;;;;;;;;;2*-1;+2. The number of aryl methyl sites for hydroxylation is 11. The summed E-state index contributed by atoms with van der Waals surface area (Å²) in [6, 6.07) is 43.9. The van der Waals surface area contributed by atoms with Crippen molar-refractivity contribution in [1.29, 1.82) is 15.8 Å². The molecular weight excluding hydrogens is 1870 g/mol. The molecule has 6 N–H and O–H groups in total. The van der Waals surface area contributed by atoms with Gasteiger partial charge in [-0.05, 0) is 318 Å². The van der Waals surface area contributed by atoms with Gasteiger partial charge in [0.05, 0.1) is 73.5 Å². The number of H-pyrrole nitrogens is 2. The number of aldehydes is 1. The predicted octanol–water partition coefficient (Wildman–Crippen LogP) is 20.8. The van der Waals surface area contributed by atoms with Crippen LogP contribution >= 0.6 is 31.9 Å². The second kappa shape index (κ2) is 64.4. The number of aromatic amines is 2. The largest absolute Gasteiger partial charge is 2.00 e. The molecule has 1 aliphatic carbocycles. The third kappa shape index (κ3) is 42.1. The molecule has 0 bridgehead atoms. The summed E-state index contributed by atoms with van der Waals surface area (Å²) < 4.78 is 20.4. The summed E-state index contributed by atoms with van der Waals surface area (Å²) in [5, 5.41) is 38.7. The van der Waals surface area contributed by atoms with Crippen LogP contribution in [0, 0.1) is 111 Å². The Kier molecular flexibility index (Phi) is 56.9. The number of ether oxygens (including phenoxy) is 4. The Morgan fingerprint density at radius 3 is 0.977 bits per heavy atom. The molecule has 25 nitrogen and oxygen atoms in total. The van der Waals surface area contributed by atoms with Gasteiger partial charge in [0.1, 0.15) is 6.29 Å². The van der Waals surface area contributed by atoms with Gasteiger partial charge in [-0.3, -0.25) is 33.9 Å². The first-order valence-electron chi connectivity index (χ1n) is 44.0. The molecule has 3 aliphatic heterocycles. The Hall–Kier alpha value is -11.5. The number of piperidine rings is 3. The minimum atomic E-state index is -0.880. The third-order valence-corrected chi connectivity index (χ3v) is 23.2. The average Bonchev–Trinajstić information content (AvgIpc) is 0.836. The molecule has 0 unspecified atom stereocenters. The summed E-state index contributed by atoms with van der Waals surface area (Å²) in [5.41, 5.74) is 25.1. The van der Waals surface area contributed by atoms with Crippen LogP contribution in [0.25, 0.3) is 0 Å². The first kappa shape index (κ1) is 118. The van der Waals surface area contributed by atoms with E-state index >= 15 is 0 Å². The van der Waals surface area contributed by atoms with Crippen LogP contribution in [0.2, 0.25) is 0 Å². The number of nitrogens with zero attached hydrogens (tertiary/aromatic N) is 6. The molecule has 1 saturated carbocycles. The van der Waals surface area contributed by atoms with Gasteiger partial charge in [0.25, 0.3) is 11.1 Å². The Morgan fingerprint density at radius 2 is 0.684 bits per heavy atom. The molecule has 0 amide bonds. The number of Topliss-reactive ketones (excluding diaryl/α,β-unsaturated/α-hetero) is 1. The number of halogens is 2. The zero-order valence-corrected chi connectivity index (χ0v) is 85.9. The van der Waals surface area contributed by atoms with E-state index < -0.39 is 11.9 Å². The number of benzene rings is 7. The third-order valence-electron chi connectivity index (χ3n) is 22.2. The van der Waals surface area contributed by atoms with Crippen molar-refractivity contribution >= 4 is 79.7 Å². The van der Waals surface area contributed by atoms with E-state index in [1.54, 1.807) is 87.5 Å². The van der Waals surface area contributed by atoms with Crippen molar-refractivity contribution in [2.45, 2.75) is 211 Å². The monoisotopic (exact) mass is 1990 g/mol. The summed E-state index contributed by atoms with van der Waals surface area (Å²) in [7, 11) is 5.46. The number of aromatic nitrogens is 2. The summed E-state index contributed by atoms with van der Waals surface area (Å²) in [5.74, 6) is -2.91. The Morgan fingerprint density at radius 1 is 0.398 bits per heavy atom. The van der Waals surface area contributed by atoms with E-state index in [-0.39, 0.29) is 60.3 Å². The Balaban J connectivity index is 0.000000515. The number of hydrogen-bond acceptors (Lipinski definition) is 21. The van der Waals surface area contributed by atoms with E-state index in [1.165, 1.54) is 181 Å². The van der Waals surface area contributed by atoms with Crippen LogP contribution in [0.1, 0.15) is 280 Å². The van der Waals surface area contributed by atoms with Gasteiger partial charge in [-0.25, -0.2) is 28.8 Å². The summed E-state index contributed by atoms with van der Waals surface area (Å²) >= 11 is 6.57. The first-order valence-corrected chi connectivity index (χ1v) is 45.6. The fraction of sp³-hybridized carbons (Fsp3) is 0.400. The van der Waals surface area contributed by atoms with Gasteiger partial charge in [-0.2, -0.15) is 5.26 Å². The number of methoxy groups -OCH3 is 4. The molecule has 133 heavy (non-hydrogen) atoms. The molecule has 7 aromatic carbocycles. The fourth-order valence-electron chi connectivity index (χ4n) is 15.3. The Labute approximate surface area is 814 Å². The maximum absolute atomic E-state index is 12.7. The van der Waals surface area contributed by atoms with Crippen LogP contribution in [0.3, 0.4) is 0 Å². The van der Waals surface area contributed by atoms with Crippen LogP contribution in [-0.2, 0) is 71.0 Å². The molecule has 2 aromatic heterocycles. The number of pyridine rings is 2. The molecule has 4 aliphatic rings. The number of nitrogens with one attached hydrogen (secondary N) is 2. The molecule has 5 heterocycles. The fourth-order valence-corrected chi connectivity index (χ4v) is 16.2. The number of nitriles is 1. The van der Waals surface area contributed by atoms with E-state index in [4.69, 9.17) is 49.6 Å². The van der Waals surface area contributed by atoms with Gasteiger partial charge in [0.15, 0.2) is 5.78 Å². The van der Waals surface area contributed by atoms with Crippen molar-refractivity contribution in [3.8, 4) is 6.07 Å². The second-order valence-corrected chi connectivity index (χ2v) is 34.3. The molecule has 706 valence electrons. The zero-order chi connectivity index (χ0) is 98.5. The maximum atomic E-state index is 12.7. The molecule has 13 rings (SSSR count). The van der Waals surface area contributed by atoms with E-state index in [1.807, 2.05) is 116 Å². The maximum Gasteiger partial charge on any atom is 2.00 e. The van der Waals surface area contributed by atoms with Crippen LogP contribution < -0.4 is 16.9 Å². The summed E-state index contributed by atoms with van der Waals surface area (Å²) in [6.45, 7) is 40.3.